The fraction of sp³-hybridized carbons (Fsp3) is 0.294. The SMILES string of the molecule is CCCCNc1ccc(C(=O)Nc2ccc(Br)cc2C)nc1. The Hall–Kier alpha value is -1.88. The Bertz CT molecular complexity index is 641. The van der Waals surface area contributed by atoms with Gasteiger partial charge in [-0.15, -0.1) is 0 Å². The molecule has 5 heteroatoms. The number of pyridine rings is 1. The second-order valence-electron chi connectivity index (χ2n) is 5.13. The molecule has 0 spiro atoms. The van der Waals surface area contributed by atoms with Gasteiger partial charge in [0.2, 0.25) is 0 Å². The van der Waals surface area contributed by atoms with Gasteiger partial charge in [0, 0.05) is 16.7 Å². The maximum absolute atomic E-state index is 12.2. The molecule has 1 heterocycles. The van der Waals surface area contributed by atoms with Crippen LogP contribution in [0.15, 0.2) is 41.0 Å². The van der Waals surface area contributed by atoms with Crippen LogP contribution in [0.5, 0.6) is 0 Å². The van der Waals surface area contributed by atoms with Gasteiger partial charge in [-0.2, -0.15) is 0 Å². The molecule has 2 N–H and O–H groups in total. The second-order valence-corrected chi connectivity index (χ2v) is 6.04. The van der Waals surface area contributed by atoms with Crippen LogP contribution in [0.1, 0.15) is 35.8 Å². The summed E-state index contributed by atoms with van der Waals surface area (Å²) in [6.07, 6.45) is 3.96. The Labute approximate surface area is 139 Å². The van der Waals surface area contributed by atoms with E-state index in [2.05, 4.69) is 38.5 Å². The molecular weight excluding hydrogens is 342 g/mol. The van der Waals surface area contributed by atoms with Gasteiger partial charge in [0.25, 0.3) is 5.91 Å². The highest BCUT2D eigenvalue weighted by Gasteiger charge is 2.09. The fourth-order valence-electron chi connectivity index (χ4n) is 2.00. The third-order valence-electron chi connectivity index (χ3n) is 3.29. The summed E-state index contributed by atoms with van der Waals surface area (Å²) in [5.41, 5.74) is 3.13. The Morgan fingerprint density at radius 1 is 1.27 bits per heavy atom. The van der Waals surface area contributed by atoms with Gasteiger partial charge in [-0.05, 0) is 49.2 Å². The number of anilines is 2. The zero-order chi connectivity index (χ0) is 15.9. The second kappa shape index (κ2) is 7.94. The Kier molecular flexibility index (Phi) is 5.95. The van der Waals surface area contributed by atoms with Gasteiger partial charge in [0.15, 0.2) is 0 Å². The summed E-state index contributed by atoms with van der Waals surface area (Å²) in [6, 6.07) is 9.35. The minimum atomic E-state index is -0.203. The van der Waals surface area contributed by atoms with Crippen LogP contribution in [-0.4, -0.2) is 17.4 Å². The number of hydrogen-bond donors (Lipinski definition) is 2. The molecule has 0 saturated heterocycles. The Balaban J connectivity index is 2.00. The number of unbranched alkanes of at least 4 members (excludes halogenated alkanes) is 1. The first-order valence-corrected chi connectivity index (χ1v) is 8.17. The van der Waals surface area contributed by atoms with Gasteiger partial charge in [0.05, 0.1) is 11.9 Å². The van der Waals surface area contributed by atoms with E-state index in [1.807, 2.05) is 31.2 Å². The molecule has 2 aromatic rings. The lowest BCUT2D eigenvalue weighted by atomic mass is 10.2. The van der Waals surface area contributed by atoms with Crippen molar-refractivity contribution in [2.45, 2.75) is 26.7 Å². The van der Waals surface area contributed by atoms with Crippen molar-refractivity contribution in [3.8, 4) is 0 Å². The molecule has 0 atom stereocenters. The van der Waals surface area contributed by atoms with Crippen LogP contribution in [0.25, 0.3) is 0 Å². The molecule has 0 saturated carbocycles. The number of carbonyl (C=O) groups excluding carboxylic acids is 1. The highest BCUT2D eigenvalue weighted by Crippen LogP contribution is 2.20. The number of amides is 1. The topological polar surface area (TPSA) is 54.0 Å². The zero-order valence-electron chi connectivity index (χ0n) is 12.8. The summed E-state index contributed by atoms with van der Waals surface area (Å²) in [7, 11) is 0. The largest absolute Gasteiger partial charge is 0.384 e. The highest BCUT2D eigenvalue weighted by atomic mass is 79.9. The first-order chi connectivity index (χ1) is 10.6. The molecule has 0 fully saturated rings. The molecule has 0 bridgehead atoms. The molecule has 0 aliphatic rings. The number of nitrogens with one attached hydrogen (secondary N) is 2. The van der Waals surface area contributed by atoms with Crippen LogP contribution >= 0.6 is 15.9 Å². The van der Waals surface area contributed by atoms with E-state index >= 15 is 0 Å². The van der Waals surface area contributed by atoms with Gasteiger partial charge in [-0.3, -0.25) is 4.79 Å². The maximum atomic E-state index is 12.2. The van der Waals surface area contributed by atoms with E-state index in [0.717, 1.165) is 40.8 Å². The molecule has 0 unspecified atom stereocenters. The molecule has 1 aromatic carbocycles. The normalized spacial score (nSPS) is 10.3. The third-order valence-corrected chi connectivity index (χ3v) is 3.79. The zero-order valence-corrected chi connectivity index (χ0v) is 14.4. The van der Waals surface area contributed by atoms with Crippen LogP contribution in [0.2, 0.25) is 0 Å². The van der Waals surface area contributed by atoms with Crippen LogP contribution in [0, 0.1) is 6.92 Å². The van der Waals surface area contributed by atoms with Crippen LogP contribution in [0.4, 0.5) is 11.4 Å². The van der Waals surface area contributed by atoms with Crippen LogP contribution in [-0.2, 0) is 0 Å². The predicted molar refractivity (Wildman–Crippen MR) is 94.5 cm³/mol. The first kappa shape index (κ1) is 16.5. The molecule has 22 heavy (non-hydrogen) atoms. The van der Waals surface area contributed by atoms with Crippen molar-refractivity contribution in [3.05, 3.63) is 52.3 Å². The van der Waals surface area contributed by atoms with Crippen molar-refractivity contribution in [1.29, 1.82) is 0 Å². The number of aryl methyl sites for hydroxylation is 1. The summed E-state index contributed by atoms with van der Waals surface area (Å²) in [5, 5.41) is 6.16. The van der Waals surface area contributed by atoms with Gasteiger partial charge >= 0.3 is 0 Å². The lowest BCUT2D eigenvalue weighted by molar-refractivity contribution is 0.102. The molecule has 4 nitrogen and oxygen atoms in total. The lowest BCUT2D eigenvalue weighted by Gasteiger charge is -2.09. The highest BCUT2D eigenvalue weighted by molar-refractivity contribution is 9.10. The molecule has 0 aliphatic heterocycles. The number of halogens is 1. The smallest absolute Gasteiger partial charge is 0.274 e. The first-order valence-electron chi connectivity index (χ1n) is 7.37. The van der Waals surface area contributed by atoms with Crippen LogP contribution < -0.4 is 10.6 Å². The molecule has 1 amide bonds. The fourth-order valence-corrected chi connectivity index (χ4v) is 2.47. The standard InChI is InChI=1S/C17H20BrN3O/c1-3-4-9-19-14-6-8-16(20-11-14)17(22)21-15-7-5-13(18)10-12(15)2/h5-8,10-11,19H,3-4,9H2,1-2H3,(H,21,22). The molecule has 0 radical (unpaired) electrons. The number of benzene rings is 1. The number of rotatable bonds is 6. The summed E-state index contributed by atoms with van der Waals surface area (Å²) >= 11 is 3.41. The molecule has 0 aliphatic carbocycles. The monoisotopic (exact) mass is 361 g/mol. The average Bonchev–Trinajstić information content (AvgIpc) is 2.51. The van der Waals surface area contributed by atoms with Crippen molar-refractivity contribution < 1.29 is 4.79 Å². The summed E-state index contributed by atoms with van der Waals surface area (Å²) < 4.78 is 0.989. The molecule has 116 valence electrons. The lowest BCUT2D eigenvalue weighted by Crippen LogP contribution is -2.14. The maximum Gasteiger partial charge on any atom is 0.274 e. The number of nitrogens with zero attached hydrogens (tertiary/aromatic N) is 1. The molecular formula is C17H20BrN3O. The number of carbonyl (C=O) groups is 1. The predicted octanol–water partition coefficient (Wildman–Crippen LogP) is 4.62. The van der Waals surface area contributed by atoms with Gasteiger partial charge in [0.1, 0.15) is 5.69 Å². The minimum absolute atomic E-state index is 0.203. The van der Waals surface area contributed by atoms with E-state index in [4.69, 9.17) is 0 Å². The van der Waals surface area contributed by atoms with E-state index in [-0.39, 0.29) is 5.91 Å². The molecule has 1 aromatic heterocycles. The summed E-state index contributed by atoms with van der Waals surface area (Å²) in [6.45, 7) is 5.02. The average molecular weight is 362 g/mol. The van der Waals surface area contributed by atoms with Crippen molar-refractivity contribution in [1.82, 2.24) is 4.98 Å². The summed E-state index contributed by atoms with van der Waals surface area (Å²) in [4.78, 5) is 16.4. The van der Waals surface area contributed by atoms with E-state index in [1.54, 1.807) is 12.3 Å². The van der Waals surface area contributed by atoms with Gasteiger partial charge < -0.3 is 10.6 Å². The van der Waals surface area contributed by atoms with Crippen molar-refractivity contribution in [2.24, 2.45) is 0 Å². The van der Waals surface area contributed by atoms with E-state index < -0.39 is 0 Å². The van der Waals surface area contributed by atoms with Crippen molar-refractivity contribution >= 4 is 33.2 Å². The third kappa shape index (κ3) is 4.56. The van der Waals surface area contributed by atoms with Gasteiger partial charge in [-0.1, -0.05) is 29.3 Å². The van der Waals surface area contributed by atoms with E-state index in [9.17, 15) is 4.79 Å². The van der Waals surface area contributed by atoms with E-state index in [1.165, 1.54) is 0 Å². The molecule has 2 rings (SSSR count). The number of hydrogen-bond acceptors (Lipinski definition) is 3. The van der Waals surface area contributed by atoms with E-state index in [0.29, 0.717) is 5.69 Å². The minimum Gasteiger partial charge on any atom is -0.384 e. The van der Waals surface area contributed by atoms with Crippen LogP contribution in [0.3, 0.4) is 0 Å². The quantitative estimate of drug-likeness (QED) is 0.738. The van der Waals surface area contributed by atoms with Crippen molar-refractivity contribution in [2.75, 3.05) is 17.2 Å². The summed E-state index contributed by atoms with van der Waals surface area (Å²) in [5.74, 6) is -0.203. The van der Waals surface area contributed by atoms with Gasteiger partial charge in [-0.25, -0.2) is 4.98 Å². The Morgan fingerprint density at radius 3 is 2.73 bits per heavy atom. The van der Waals surface area contributed by atoms with Crippen molar-refractivity contribution in [3.63, 3.8) is 0 Å². The Morgan fingerprint density at radius 2 is 2.09 bits per heavy atom. The number of aromatic nitrogens is 1.